The number of nitrogens with zero attached hydrogens (tertiary/aromatic N) is 2. The molecule has 0 saturated carbocycles. The van der Waals surface area contributed by atoms with E-state index in [1.165, 1.54) is 16.4 Å². The molecular formula is C23H19N3O3S. The predicted molar refractivity (Wildman–Crippen MR) is 115 cm³/mol. The van der Waals surface area contributed by atoms with E-state index in [1.54, 1.807) is 36.4 Å². The van der Waals surface area contributed by atoms with Crippen LogP contribution < -0.4 is 9.62 Å². The van der Waals surface area contributed by atoms with Crippen molar-refractivity contribution in [3.05, 3.63) is 89.5 Å². The fourth-order valence-electron chi connectivity index (χ4n) is 3.51. The summed E-state index contributed by atoms with van der Waals surface area (Å²) >= 11 is 0. The average Bonchev–Trinajstić information content (AvgIpc) is 2.79. The van der Waals surface area contributed by atoms with Crippen molar-refractivity contribution in [1.29, 1.82) is 5.26 Å². The van der Waals surface area contributed by atoms with Gasteiger partial charge >= 0.3 is 0 Å². The van der Waals surface area contributed by atoms with E-state index < -0.39 is 15.9 Å². The third kappa shape index (κ3) is 3.78. The first kappa shape index (κ1) is 19.7. The topological polar surface area (TPSA) is 90.3 Å². The monoisotopic (exact) mass is 417 g/mol. The van der Waals surface area contributed by atoms with Crippen molar-refractivity contribution in [3.8, 4) is 6.07 Å². The van der Waals surface area contributed by atoms with E-state index in [1.807, 2.05) is 30.3 Å². The molecule has 0 atom stereocenters. The van der Waals surface area contributed by atoms with E-state index in [-0.39, 0.29) is 10.5 Å². The van der Waals surface area contributed by atoms with Gasteiger partial charge in [-0.2, -0.15) is 5.26 Å². The summed E-state index contributed by atoms with van der Waals surface area (Å²) in [6.07, 6.45) is 1.59. The van der Waals surface area contributed by atoms with Crippen LogP contribution in [-0.2, 0) is 16.4 Å². The number of para-hydroxylation sites is 1. The summed E-state index contributed by atoms with van der Waals surface area (Å²) in [5.41, 5.74) is 2.95. The molecule has 7 heteroatoms. The maximum Gasteiger partial charge on any atom is 0.264 e. The highest BCUT2D eigenvalue weighted by molar-refractivity contribution is 7.92. The number of amides is 1. The molecule has 3 aromatic rings. The molecule has 30 heavy (non-hydrogen) atoms. The van der Waals surface area contributed by atoms with Crippen molar-refractivity contribution in [1.82, 2.24) is 0 Å². The Hall–Kier alpha value is -3.63. The van der Waals surface area contributed by atoms with Gasteiger partial charge in [0.2, 0.25) is 0 Å². The van der Waals surface area contributed by atoms with Crippen LogP contribution in [0.2, 0.25) is 0 Å². The third-order valence-electron chi connectivity index (χ3n) is 5.02. The average molecular weight is 417 g/mol. The van der Waals surface area contributed by atoms with Gasteiger partial charge in [-0.25, -0.2) is 8.42 Å². The maximum absolute atomic E-state index is 13.3. The lowest BCUT2D eigenvalue weighted by atomic mass is 10.0. The van der Waals surface area contributed by atoms with Crippen LogP contribution in [0.15, 0.2) is 77.7 Å². The zero-order valence-electron chi connectivity index (χ0n) is 16.1. The smallest absolute Gasteiger partial charge is 0.264 e. The van der Waals surface area contributed by atoms with Gasteiger partial charge in [0.25, 0.3) is 15.9 Å². The molecule has 0 aliphatic carbocycles. The zero-order valence-corrected chi connectivity index (χ0v) is 16.9. The molecule has 3 aromatic carbocycles. The lowest BCUT2D eigenvalue weighted by Crippen LogP contribution is -2.35. The van der Waals surface area contributed by atoms with Gasteiger partial charge in [-0.15, -0.1) is 0 Å². The number of carbonyl (C=O) groups excluding carboxylic acids is 1. The predicted octanol–water partition coefficient (Wildman–Crippen LogP) is 3.95. The highest BCUT2D eigenvalue weighted by Crippen LogP contribution is 2.32. The Morgan fingerprint density at radius 3 is 2.53 bits per heavy atom. The first-order valence-electron chi connectivity index (χ1n) is 9.51. The summed E-state index contributed by atoms with van der Waals surface area (Å²) in [6, 6.07) is 22.0. The molecule has 0 radical (unpaired) electrons. The lowest BCUT2D eigenvalue weighted by molar-refractivity contribution is 0.102. The van der Waals surface area contributed by atoms with Gasteiger partial charge in [-0.05, 0) is 66.9 Å². The van der Waals surface area contributed by atoms with Crippen LogP contribution in [0.5, 0.6) is 0 Å². The second kappa shape index (κ2) is 8.01. The number of nitriles is 1. The van der Waals surface area contributed by atoms with E-state index in [4.69, 9.17) is 5.26 Å². The molecule has 0 unspecified atom stereocenters. The minimum Gasteiger partial charge on any atom is -0.322 e. The van der Waals surface area contributed by atoms with E-state index in [0.29, 0.717) is 23.5 Å². The van der Waals surface area contributed by atoms with Gasteiger partial charge < -0.3 is 5.32 Å². The third-order valence-corrected chi connectivity index (χ3v) is 6.83. The second-order valence-corrected chi connectivity index (χ2v) is 8.84. The first-order chi connectivity index (χ1) is 14.5. The van der Waals surface area contributed by atoms with Crippen LogP contribution in [0, 0.1) is 11.3 Å². The van der Waals surface area contributed by atoms with Crippen LogP contribution in [0.4, 0.5) is 11.4 Å². The molecule has 0 aromatic heterocycles. The Morgan fingerprint density at radius 2 is 1.77 bits per heavy atom. The van der Waals surface area contributed by atoms with Crippen molar-refractivity contribution >= 4 is 27.3 Å². The Morgan fingerprint density at radius 1 is 1.00 bits per heavy atom. The van der Waals surface area contributed by atoms with Gasteiger partial charge in [-0.1, -0.05) is 24.3 Å². The largest absolute Gasteiger partial charge is 0.322 e. The molecule has 0 fully saturated rings. The normalized spacial score (nSPS) is 13.2. The van der Waals surface area contributed by atoms with E-state index >= 15 is 0 Å². The van der Waals surface area contributed by atoms with Crippen molar-refractivity contribution < 1.29 is 13.2 Å². The number of nitrogens with one attached hydrogen (secondary N) is 1. The summed E-state index contributed by atoms with van der Waals surface area (Å²) in [4.78, 5) is 12.7. The molecule has 0 saturated heterocycles. The highest BCUT2D eigenvalue weighted by atomic mass is 32.2. The lowest BCUT2D eigenvalue weighted by Gasteiger charge is -2.30. The van der Waals surface area contributed by atoms with E-state index in [0.717, 1.165) is 18.4 Å². The number of sulfonamides is 1. The number of hydrogen-bond donors (Lipinski definition) is 1. The summed E-state index contributed by atoms with van der Waals surface area (Å²) < 4.78 is 28.1. The number of rotatable bonds is 4. The standard InChI is InChI=1S/C23H19N3O3S/c24-16-17-10-12-20(13-11-17)25-23(27)19-6-3-8-21(15-19)30(28,29)26-14-4-7-18-5-1-2-9-22(18)26/h1-3,5-6,8-13,15H,4,7,14H2,(H,25,27). The SMILES string of the molecule is N#Cc1ccc(NC(=O)c2cccc(S(=O)(=O)N3CCCc4ccccc43)c2)cc1. The van der Waals surface area contributed by atoms with E-state index in [2.05, 4.69) is 5.32 Å². The number of hydrogen-bond acceptors (Lipinski definition) is 4. The van der Waals surface area contributed by atoms with Crippen LogP contribution in [0.25, 0.3) is 0 Å². The van der Waals surface area contributed by atoms with Crippen LogP contribution in [-0.4, -0.2) is 20.9 Å². The van der Waals surface area contributed by atoms with Gasteiger partial charge in [-0.3, -0.25) is 9.10 Å². The van der Waals surface area contributed by atoms with Crippen molar-refractivity contribution in [2.24, 2.45) is 0 Å². The maximum atomic E-state index is 13.3. The molecule has 0 bridgehead atoms. The molecule has 150 valence electrons. The molecule has 1 heterocycles. The van der Waals surface area contributed by atoms with E-state index in [9.17, 15) is 13.2 Å². The summed E-state index contributed by atoms with van der Waals surface area (Å²) in [5, 5.41) is 11.6. The summed E-state index contributed by atoms with van der Waals surface area (Å²) in [7, 11) is -3.80. The Labute approximate surface area is 175 Å². The zero-order chi connectivity index (χ0) is 21.1. The van der Waals surface area contributed by atoms with Crippen LogP contribution in [0.1, 0.15) is 27.9 Å². The number of benzene rings is 3. The highest BCUT2D eigenvalue weighted by Gasteiger charge is 2.29. The van der Waals surface area contributed by atoms with Crippen LogP contribution >= 0.6 is 0 Å². The molecule has 1 aliphatic rings. The quantitative estimate of drug-likeness (QED) is 0.696. The van der Waals surface area contributed by atoms with Gasteiger partial charge in [0.15, 0.2) is 0 Å². The van der Waals surface area contributed by atoms with Crippen molar-refractivity contribution in [2.45, 2.75) is 17.7 Å². The number of carbonyl (C=O) groups is 1. The Kier molecular flexibility index (Phi) is 5.25. The van der Waals surface area contributed by atoms with Crippen LogP contribution in [0.3, 0.4) is 0 Å². The molecule has 1 N–H and O–H groups in total. The molecule has 1 amide bonds. The molecule has 0 spiro atoms. The molecule has 4 rings (SSSR count). The minimum atomic E-state index is -3.80. The van der Waals surface area contributed by atoms with Gasteiger partial charge in [0, 0.05) is 17.8 Å². The Bertz CT molecular complexity index is 1250. The number of anilines is 2. The van der Waals surface area contributed by atoms with Crippen molar-refractivity contribution in [3.63, 3.8) is 0 Å². The molecule has 1 aliphatic heterocycles. The minimum absolute atomic E-state index is 0.0756. The molecule has 6 nitrogen and oxygen atoms in total. The molecular weight excluding hydrogens is 398 g/mol. The van der Waals surface area contributed by atoms with Gasteiger partial charge in [0.05, 0.1) is 22.2 Å². The fourth-order valence-corrected chi connectivity index (χ4v) is 5.09. The summed E-state index contributed by atoms with van der Waals surface area (Å²) in [5.74, 6) is -0.421. The first-order valence-corrected chi connectivity index (χ1v) is 11.0. The second-order valence-electron chi connectivity index (χ2n) is 6.98. The fraction of sp³-hybridized carbons (Fsp3) is 0.130. The number of fused-ring (bicyclic) bond motifs is 1. The Balaban J connectivity index is 1.61. The summed E-state index contributed by atoms with van der Waals surface area (Å²) in [6.45, 7) is 0.404. The van der Waals surface area contributed by atoms with Gasteiger partial charge in [0.1, 0.15) is 0 Å². The number of aryl methyl sites for hydroxylation is 1. The van der Waals surface area contributed by atoms with Crippen molar-refractivity contribution in [2.75, 3.05) is 16.2 Å².